The predicted molar refractivity (Wildman–Crippen MR) is 105 cm³/mol. The molecule has 2 aromatic heterocycles. The fourth-order valence-electron chi connectivity index (χ4n) is 4.80. The van der Waals surface area contributed by atoms with Crippen LogP contribution in [0.2, 0.25) is 0 Å². The number of nitrogens with zero attached hydrogens (tertiary/aromatic N) is 4. The quantitative estimate of drug-likeness (QED) is 0.819. The largest absolute Gasteiger partial charge is 0.473 e. The second kappa shape index (κ2) is 7.67. The van der Waals surface area contributed by atoms with Gasteiger partial charge < -0.3 is 19.7 Å². The summed E-state index contributed by atoms with van der Waals surface area (Å²) in [6, 6.07) is 3.30. The summed E-state index contributed by atoms with van der Waals surface area (Å²) in [4.78, 5) is 11.4. The lowest BCUT2D eigenvalue weighted by molar-refractivity contribution is -0.00156. The summed E-state index contributed by atoms with van der Waals surface area (Å²) in [6.45, 7) is 1.57. The van der Waals surface area contributed by atoms with Crippen LogP contribution in [0, 0.1) is 0 Å². The average molecular weight is 384 g/mol. The van der Waals surface area contributed by atoms with Gasteiger partial charge >= 0.3 is 0 Å². The Balaban J connectivity index is 1.18. The van der Waals surface area contributed by atoms with E-state index in [1.807, 2.05) is 6.07 Å². The third-order valence-corrected chi connectivity index (χ3v) is 6.44. The molecule has 3 aliphatic rings. The third-order valence-electron chi connectivity index (χ3n) is 6.44. The molecule has 2 unspecified atom stereocenters. The molecule has 8 nitrogen and oxygen atoms in total. The van der Waals surface area contributed by atoms with Crippen molar-refractivity contribution in [3.05, 3.63) is 24.2 Å². The maximum atomic E-state index is 6.15. The molecule has 5 rings (SSSR count). The van der Waals surface area contributed by atoms with E-state index in [2.05, 4.69) is 37.4 Å². The first kappa shape index (κ1) is 17.9. The Hall–Kier alpha value is -2.19. The average Bonchev–Trinajstić information content (AvgIpc) is 3.36. The highest BCUT2D eigenvalue weighted by Gasteiger charge is 2.37. The van der Waals surface area contributed by atoms with E-state index in [1.165, 1.54) is 19.3 Å². The first-order chi connectivity index (χ1) is 13.7. The first-order valence-corrected chi connectivity index (χ1v) is 10.4. The SMILES string of the molecule is CN1C2CCCC1CC(Oc1cnc(Nc3cc([C@H]4CCOC4)[nH]n3)cn1)C2. The van der Waals surface area contributed by atoms with Crippen LogP contribution in [0.3, 0.4) is 0 Å². The van der Waals surface area contributed by atoms with Gasteiger partial charge in [-0.05, 0) is 39.2 Å². The zero-order chi connectivity index (χ0) is 18.9. The van der Waals surface area contributed by atoms with E-state index in [9.17, 15) is 0 Å². The number of hydrogen-bond acceptors (Lipinski definition) is 7. The van der Waals surface area contributed by atoms with E-state index in [-0.39, 0.29) is 6.10 Å². The fraction of sp³-hybridized carbons (Fsp3) is 0.650. The highest BCUT2D eigenvalue weighted by molar-refractivity contribution is 5.51. The monoisotopic (exact) mass is 384 g/mol. The van der Waals surface area contributed by atoms with Crippen molar-refractivity contribution >= 4 is 11.6 Å². The molecular weight excluding hydrogens is 356 g/mol. The van der Waals surface area contributed by atoms with Crippen LogP contribution in [0.15, 0.2) is 18.5 Å². The normalized spacial score (nSPS) is 30.3. The van der Waals surface area contributed by atoms with Crippen molar-refractivity contribution in [3.63, 3.8) is 0 Å². The molecule has 0 saturated carbocycles. The van der Waals surface area contributed by atoms with Crippen molar-refractivity contribution in [2.75, 3.05) is 25.6 Å². The molecule has 3 atom stereocenters. The molecule has 3 aliphatic heterocycles. The van der Waals surface area contributed by atoms with Crippen LogP contribution >= 0.6 is 0 Å². The van der Waals surface area contributed by atoms with Gasteiger partial charge in [-0.1, -0.05) is 6.42 Å². The minimum atomic E-state index is 0.238. The van der Waals surface area contributed by atoms with Gasteiger partial charge in [0, 0.05) is 36.4 Å². The molecule has 150 valence electrons. The zero-order valence-electron chi connectivity index (χ0n) is 16.3. The van der Waals surface area contributed by atoms with Crippen molar-refractivity contribution in [2.24, 2.45) is 0 Å². The molecule has 2 N–H and O–H groups in total. The Kier molecular flexibility index (Phi) is 4.90. The number of piperidine rings is 2. The van der Waals surface area contributed by atoms with Crippen LogP contribution in [-0.4, -0.2) is 63.5 Å². The molecule has 0 radical (unpaired) electrons. The van der Waals surface area contributed by atoms with Gasteiger partial charge in [-0.2, -0.15) is 5.10 Å². The van der Waals surface area contributed by atoms with Gasteiger partial charge in [0.2, 0.25) is 5.88 Å². The molecule has 0 aromatic carbocycles. The molecule has 2 aromatic rings. The standard InChI is InChI=1S/C20H28N6O2/c1-26-14-3-2-4-15(26)8-16(7-14)28-20-11-21-19(10-22-20)23-18-9-17(24-25-18)13-5-6-27-12-13/h9-11,13-16H,2-8,12H2,1H3,(H2,21,23,24,25)/t13-,14?,15?,16?/m0/s1. The van der Waals surface area contributed by atoms with Crippen LogP contribution in [-0.2, 0) is 4.74 Å². The minimum absolute atomic E-state index is 0.238. The lowest BCUT2D eigenvalue weighted by Gasteiger charge is -2.46. The molecular formula is C20H28N6O2. The number of anilines is 2. The van der Waals surface area contributed by atoms with Crippen molar-refractivity contribution in [1.29, 1.82) is 0 Å². The second-order valence-electron chi connectivity index (χ2n) is 8.25. The third kappa shape index (κ3) is 3.71. The first-order valence-electron chi connectivity index (χ1n) is 10.4. The van der Waals surface area contributed by atoms with Gasteiger partial charge in [-0.25, -0.2) is 9.97 Å². The van der Waals surface area contributed by atoms with Gasteiger partial charge in [0.1, 0.15) is 11.9 Å². The number of aromatic amines is 1. The molecule has 0 amide bonds. The van der Waals surface area contributed by atoms with Gasteiger partial charge in [0.15, 0.2) is 5.82 Å². The number of nitrogens with one attached hydrogen (secondary N) is 2. The number of rotatable bonds is 5. The van der Waals surface area contributed by atoms with Crippen molar-refractivity contribution in [3.8, 4) is 5.88 Å². The highest BCUT2D eigenvalue weighted by atomic mass is 16.5. The molecule has 3 saturated heterocycles. The Morgan fingerprint density at radius 3 is 2.71 bits per heavy atom. The molecule has 5 heterocycles. The summed E-state index contributed by atoms with van der Waals surface area (Å²) in [7, 11) is 2.26. The Morgan fingerprint density at radius 2 is 2.00 bits per heavy atom. The summed E-state index contributed by atoms with van der Waals surface area (Å²) in [5.41, 5.74) is 1.10. The van der Waals surface area contributed by atoms with Crippen LogP contribution in [0.4, 0.5) is 11.6 Å². The number of ether oxygens (including phenoxy) is 2. The molecule has 3 fully saturated rings. The molecule has 28 heavy (non-hydrogen) atoms. The van der Waals surface area contributed by atoms with Crippen molar-refractivity contribution in [2.45, 2.75) is 62.6 Å². The van der Waals surface area contributed by atoms with E-state index < -0.39 is 0 Å². The van der Waals surface area contributed by atoms with Crippen LogP contribution < -0.4 is 10.1 Å². The maximum absolute atomic E-state index is 6.15. The van der Waals surface area contributed by atoms with E-state index in [0.717, 1.165) is 44.0 Å². The fourth-order valence-corrected chi connectivity index (χ4v) is 4.80. The zero-order valence-corrected chi connectivity index (χ0v) is 16.3. The Bertz CT molecular complexity index is 774. The smallest absolute Gasteiger partial charge is 0.232 e. The number of aromatic nitrogens is 4. The lowest BCUT2D eigenvalue weighted by atomic mass is 9.83. The summed E-state index contributed by atoms with van der Waals surface area (Å²) in [6.07, 6.45) is 10.7. The van der Waals surface area contributed by atoms with Gasteiger partial charge in [-0.15, -0.1) is 0 Å². The number of fused-ring (bicyclic) bond motifs is 2. The van der Waals surface area contributed by atoms with Gasteiger partial charge in [0.25, 0.3) is 0 Å². The Morgan fingerprint density at radius 1 is 1.14 bits per heavy atom. The molecule has 8 heteroatoms. The topological polar surface area (TPSA) is 88.2 Å². The highest BCUT2D eigenvalue weighted by Crippen LogP contribution is 2.34. The van der Waals surface area contributed by atoms with Gasteiger partial charge in [-0.3, -0.25) is 5.10 Å². The number of H-pyrrole nitrogens is 1. The summed E-state index contributed by atoms with van der Waals surface area (Å²) < 4.78 is 11.6. The summed E-state index contributed by atoms with van der Waals surface area (Å²) in [5.74, 6) is 2.41. The van der Waals surface area contributed by atoms with E-state index >= 15 is 0 Å². The van der Waals surface area contributed by atoms with E-state index in [0.29, 0.717) is 29.7 Å². The van der Waals surface area contributed by atoms with Gasteiger partial charge in [0.05, 0.1) is 19.0 Å². The van der Waals surface area contributed by atoms with Crippen LogP contribution in [0.25, 0.3) is 0 Å². The minimum Gasteiger partial charge on any atom is -0.473 e. The number of hydrogen-bond donors (Lipinski definition) is 2. The van der Waals surface area contributed by atoms with Crippen molar-refractivity contribution in [1.82, 2.24) is 25.1 Å². The van der Waals surface area contributed by atoms with Crippen LogP contribution in [0.1, 0.15) is 50.1 Å². The second-order valence-corrected chi connectivity index (χ2v) is 8.25. The lowest BCUT2D eigenvalue weighted by Crippen LogP contribution is -2.52. The maximum Gasteiger partial charge on any atom is 0.232 e. The molecule has 0 spiro atoms. The Labute approximate surface area is 165 Å². The predicted octanol–water partition coefficient (Wildman–Crippen LogP) is 2.84. The van der Waals surface area contributed by atoms with Crippen molar-refractivity contribution < 1.29 is 9.47 Å². The van der Waals surface area contributed by atoms with E-state index in [1.54, 1.807) is 12.4 Å². The molecule has 0 aliphatic carbocycles. The summed E-state index contributed by atoms with van der Waals surface area (Å²) in [5, 5.41) is 10.6. The van der Waals surface area contributed by atoms with Crippen LogP contribution in [0.5, 0.6) is 5.88 Å². The van der Waals surface area contributed by atoms with E-state index in [4.69, 9.17) is 9.47 Å². The molecule has 2 bridgehead atoms. The summed E-state index contributed by atoms with van der Waals surface area (Å²) >= 11 is 0.